The lowest BCUT2D eigenvalue weighted by Gasteiger charge is -2.42. The van der Waals surface area contributed by atoms with Gasteiger partial charge in [0.15, 0.2) is 34.9 Å². The first-order valence-corrected chi connectivity index (χ1v) is 22.7. The maximum atomic E-state index is 5.11. The highest BCUT2D eigenvalue weighted by molar-refractivity contribution is 5.86. The second kappa shape index (κ2) is 16.4. The van der Waals surface area contributed by atoms with E-state index in [0.29, 0.717) is 34.9 Å². The molecule has 4 aromatic heterocycles. The van der Waals surface area contributed by atoms with Crippen molar-refractivity contribution in [1.82, 2.24) is 39.9 Å². The molecule has 8 heteroatoms. The Hall–Kier alpha value is -9.14. The fourth-order valence-corrected chi connectivity index (χ4v) is 10.1. The molecular weight excluding hydrogens is 833 g/mol. The lowest BCUT2D eigenvalue weighted by molar-refractivity contribution is 0.755. The van der Waals surface area contributed by atoms with Crippen LogP contribution < -0.4 is 0 Å². The zero-order valence-electron chi connectivity index (χ0n) is 36.5. The van der Waals surface area contributed by atoms with E-state index in [0.717, 1.165) is 55.6 Å². The second-order valence-electron chi connectivity index (χ2n) is 17.1. The predicted molar refractivity (Wildman–Crippen MR) is 267 cm³/mol. The Kier molecular flexibility index (Phi) is 9.45. The summed E-state index contributed by atoms with van der Waals surface area (Å²) in [4.78, 5) is 39.0. The van der Waals surface area contributed by atoms with E-state index < -0.39 is 0 Å². The van der Waals surface area contributed by atoms with E-state index in [1.54, 1.807) is 24.8 Å². The largest absolute Gasteiger partial charge is 0.264 e. The van der Waals surface area contributed by atoms with E-state index >= 15 is 0 Å². The Labute approximate surface area is 392 Å². The third kappa shape index (κ3) is 6.77. The lowest BCUT2D eigenvalue weighted by atomic mass is 9.60. The maximum Gasteiger partial charge on any atom is 0.165 e. The zero-order valence-corrected chi connectivity index (χ0v) is 36.5. The zero-order chi connectivity index (χ0) is 45.0. The second-order valence-corrected chi connectivity index (χ2v) is 17.1. The fourth-order valence-electron chi connectivity index (χ4n) is 10.1. The molecular formula is C60H38N8. The first kappa shape index (κ1) is 39.2. The monoisotopic (exact) mass is 870 g/mol. The van der Waals surface area contributed by atoms with Crippen LogP contribution in [0, 0.1) is 0 Å². The highest BCUT2D eigenvalue weighted by atomic mass is 15.0. The smallest absolute Gasteiger partial charge is 0.165 e. The molecule has 0 spiro atoms. The van der Waals surface area contributed by atoms with E-state index in [9.17, 15) is 0 Å². The van der Waals surface area contributed by atoms with Crippen molar-refractivity contribution in [3.63, 3.8) is 0 Å². The van der Waals surface area contributed by atoms with Crippen molar-refractivity contribution in [2.75, 3.05) is 0 Å². The van der Waals surface area contributed by atoms with Gasteiger partial charge in [0.1, 0.15) is 0 Å². The molecule has 0 radical (unpaired) electrons. The van der Waals surface area contributed by atoms with Gasteiger partial charge in [-0.2, -0.15) is 0 Å². The summed E-state index contributed by atoms with van der Waals surface area (Å²) in [6.45, 7) is 0. The molecule has 14 rings (SSSR count). The third-order valence-electron chi connectivity index (χ3n) is 13.2. The SMILES string of the molecule is c1ccc(-c2nc(-c3cccnc3)nc(-c3ccccc3-c3ccc4c(c3)C3c5ccccc5C4c4cc(-c5ccccc5-c5nc(-c6ccccc6)nc(-c6cccnc6)n5)ccc43)n2)cc1. The molecule has 0 saturated carbocycles. The minimum atomic E-state index is 0.0515. The van der Waals surface area contributed by atoms with E-state index in [4.69, 9.17) is 29.9 Å². The first-order valence-electron chi connectivity index (χ1n) is 22.7. The van der Waals surface area contributed by atoms with Gasteiger partial charge in [0.25, 0.3) is 0 Å². The van der Waals surface area contributed by atoms with Crippen LogP contribution in [0.4, 0.5) is 0 Å². The van der Waals surface area contributed by atoms with Crippen LogP contribution >= 0.6 is 0 Å². The molecule has 3 aliphatic rings. The number of nitrogens with zero attached hydrogens (tertiary/aromatic N) is 8. The lowest BCUT2D eigenvalue weighted by Crippen LogP contribution is -2.27. The van der Waals surface area contributed by atoms with Gasteiger partial charge in [-0.1, -0.05) is 158 Å². The minimum Gasteiger partial charge on any atom is -0.264 e. The van der Waals surface area contributed by atoms with Gasteiger partial charge in [0.05, 0.1) is 0 Å². The summed E-state index contributed by atoms with van der Waals surface area (Å²) in [6.07, 6.45) is 7.12. The molecule has 4 heterocycles. The molecule has 8 nitrogen and oxygen atoms in total. The van der Waals surface area contributed by atoms with E-state index in [2.05, 4.69) is 119 Å². The van der Waals surface area contributed by atoms with Gasteiger partial charge in [-0.05, 0) is 92.0 Å². The van der Waals surface area contributed by atoms with Gasteiger partial charge < -0.3 is 0 Å². The molecule has 0 aliphatic heterocycles. The van der Waals surface area contributed by atoms with Crippen molar-refractivity contribution in [3.05, 3.63) is 252 Å². The van der Waals surface area contributed by atoms with Crippen molar-refractivity contribution in [1.29, 1.82) is 0 Å². The topological polar surface area (TPSA) is 103 Å². The average molecular weight is 871 g/mol. The quantitative estimate of drug-likeness (QED) is 0.149. The summed E-state index contributed by atoms with van der Waals surface area (Å²) in [5.74, 6) is 3.70. The van der Waals surface area contributed by atoms with Crippen molar-refractivity contribution < 1.29 is 0 Å². The van der Waals surface area contributed by atoms with Crippen molar-refractivity contribution in [3.8, 4) is 90.6 Å². The minimum absolute atomic E-state index is 0.0515. The average Bonchev–Trinajstić information content (AvgIpc) is 3.43. The number of pyridine rings is 2. The maximum absolute atomic E-state index is 5.11. The number of aromatic nitrogens is 8. The molecule has 2 unspecified atom stereocenters. The molecule has 2 bridgehead atoms. The number of hydrogen-bond acceptors (Lipinski definition) is 8. The molecule has 0 amide bonds. The molecule has 0 N–H and O–H groups in total. The Morgan fingerprint density at radius 3 is 0.985 bits per heavy atom. The van der Waals surface area contributed by atoms with Crippen LogP contribution in [-0.2, 0) is 0 Å². The molecule has 318 valence electrons. The van der Waals surface area contributed by atoms with Gasteiger partial charge in [-0.25, -0.2) is 29.9 Å². The summed E-state index contributed by atoms with van der Waals surface area (Å²) in [5, 5.41) is 0. The molecule has 68 heavy (non-hydrogen) atoms. The van der Waals surface area contributed by atoms with Crippen LogP contribution in [0.15, 0.2) is 219 Å². The van der Waals surface area contributed by atoms with Crippen LogP contribution in [-0.4, -0.2) is 39.9 Å². The fraction of sp³-hybridized carbons (Fsp3) is 0.0333. The van der Waals surface area contributed by atoms with Crippen molar-refractivity contribution in [2.24, 2.45) is 0 Å². The highest BCUT2D eigenvalue weighted by Gasteiger charge is 2.41. The van der Waals surface area contributed by atoms with Gasteiger partial charge in [-0.3, -0.25) is 9.97 Å². The summed E-state index contributed by atoms with van der Waals surface area (Å²) in [7, 11) is 0. The normalized spacial score (nSPS) is 14.2. The van der Waals surface area contributed by atoms with Crippen LogP contribution in [0.2, 0.25) is 0 Å². The van der Waals surface area contributed by atoms with Crippen molar-refractivity contribution in [2.45, 2.75) is 11.8 Å². The molecule has 7 aromatic carbocycles. The Morgan fingerprint density at radius 2 is 0.574 bits per heavy atom. The van der Waals surface area contributed by atoms with Crippen LogP contribution in [0.25, 0.3) is 90.6 Å². The van der Waals surface area contributed by atoms with Crippen molar-refractivity contribution >= 4 is 0 Å². The van der Waals surface area contributed by atoms with Gasteiger partial charge in [0, 0.05) is 70.0 Å². The Bertz CT molecular complexity index is 3330. The third-order valence-corrected chi connectivity index (χ3v) is 13.2. The standard InChI is InChI=1S/C60H38N8/c1-3-15-37(16-4-1)55-63-57(41-19-13-31-61-35-41)67-59(65-55)49-25-11-7-21-43(49)39-27-29-47-51(33-39)53-45-23-9-10-24-46(45)54(47)52-34-40(28-30-48(52)53)44-22-8-12-26-50(44)60-66-56(38-17-5-2-6-18-38)64-58(68-60)42-20-14-32-62-36-42/h1-36,53-54H. The van der Waals surface area contributed by atoms with Crippen LogP contribution in [0.1, 0.15) is 45.2 Å². The van der Waals surface area contributed by atoms with E-state index in [-0.39, 0.29) is 11.8 Å². The Balaban J connectivity index is 0.918. The molecule has 3 aliphatic carbocycles. The summed E-state index contributed by atoms with van der Waals surface area (Å²) in [5.41, 5.74) is 17.7. The van der Waals surface area contributed by atoms with Crippen LogP contribution in [0.5, 0.6) is 0 Å². The predicted octanol–water partition coefficient (Wildman–Crippen LogP) is 13.2. The molecule has 0 fully saturated rings. The number of hydrogen-bond donors (Lipinski definition) is 0. The number of benzene rings is 7. The van der Waals surface area contributed by atoms with Crippen LogP contribution in [0.3, 0.4) is 0 Å². The molecule has 11 aromatic rings. The van der Waals surface area contributed by atoms with Gasteiger partial charge in [0.2, 0.25) is 0 Å². The first-order chi connectivity index (χ1) is 33.7. The molecule has 0 saturated heterocycles. The van der Waals surface area contributed by atoms with Gasteiger partial charge in [-0.15, -0.1) is 0 Å². The summed E-state index contributed by atoms with van der Waals surface area (Å²) >= 11 is 0. The van der Waals surface area contributed by atoms with E-state index in [1.165, 1.54) is 33.4 Å². The molecule has 2 atom stereocenters. The van der Waals surface area contributed by atoms with E-state index in [1.807, 2.05) is 84.9 Å². The highest BCUT2D eigenvalue weighted by Crippen LogP contribution is 2.57. The van der Waals surface area contributed by atoms with Gasteiger partial charge >= 0.3 is 0 Å². The summed E-state index contributed by atoms with van der Waals surface area (Å²) < 4.78 is 0. The summed E-state index contributed by atoms with van der Waals surface area (Å²) in [6, 6.07) is 67.8. The number of rotatable bonds is 8. The Morgan fingerprint density at radius 1 is 0.235 bits per heavy atom.